The first kappa shape index (κ1) is 13.6. The molecule has 2 N–H and O–H groups in total. The quantitative estimate of drug-likeness (QED) is 0.504. The summed E-state index contributed by atoms with van der Waals surface area (Å²) in [5, 5.41) is 3.18. The third-order valence-corrected chi connectivity index (χ3v) is 5.38. The molecule has 0 unspecified atom stereocenters. The molecule has 3 rings (SSSR count). The number of thiophene rings is 1. The number of ketones is 1. The van der Waals surface area contributed by atoms with E-state index in [4.69, 9.17) is 17.3 Å². The maximum atomic E-state index is 12.7. The van der Waals surface area contributed by atoms with Gasteiger partial charge in [0.15, 0.2) is 5.78 Å². The van der Waals surface area contributed by atoms with E-state index in [1.54, 1.807) is 18.2 Å². The summed E-state index contributed by atoms with van der Waals surface area (Å²) in [5.41, 5.74) is 7.33. The smallest absolute Gasteiger partial charge is 0.196 e. The van der Waals surface area contributed by atoms with Gasteiger partial charge >= 0.3 is 0 Å². The molecule has 0 fully saturated rings. The predicted molar refractivity (Wildman–Crippen MR) is 88.8 cm³/mol. The van der Waals surface area contributed by atoms with Gasteiger partial charge in [0.05, 0.1) is 10.7 Å². The second kappa shape index (κ2) is 5.20. The SMILES string of the molecule is Nc1c(Cl)cccc1C(=O)c1csc2c(Br)cccc12. The van der Waals surface area contributed by atoms with E-state index >= 15 is 0 Å². The highest BCUT2D eigenvalue weighted by Gasteiger charge is 2.18. The number of benzene rings is 2. The van der Waals surface area contributed by atoms with Crippen molar-refractivity contribution in [3.8, 4) is 0 Å². The van der Waals surface area contributed by atoms with E-state index in [9.17, 15) is 4.79 Å². The van der Waals surface area contributed by atoms with Crippen LogP contribution in [0, 0.1) is 0 Å². The van der Waals surface area contributed by atoms with Gasteiger partial charge < -0.3 is 5.73 Å². The van der Waals surface area contributed by atoms with E-state index in [0.29, 0.717) is 21.8 Å². The Morgan fingerprint density at radius 3 is 2.70 bits per heavy atom. The molecule has 5 heteroatoms. The van der Waals surface area contributed by atoms with Crippen molar-refractivity contribution in [1.29, 1.82) is 0 Å². The lowest BCUT2D eigenvalue weighted by atomic mass is 10.0. The van der Waals surface area contributed by atoms with Crippen molar-refractivity contribution < 1.29 is 4.79 Å². The number of halogens is 2. The van der Waals surface area contributed by atoms with E-state index in [0.717, 1.165) is 14.6 Å². The lowest BCUT2D eigenvalue weighted by Crippen LogP contribution is -2.05. The molecule has 2 aromatic carbocycles. The van der Waals surface area contributed by atoms with Gasteiger partial charge in [0.2, 0.25) is 0 Å². The van der Waals surface area contributed by atoms with Gasteiger partial charge in [0.25, 0.3) is 0 Å². The molecule has 100 valence electrons. The number of hydrogen-bond donors (Lipinski definition) is 1. The summed E-state index contributed by atoms with van der Waals surface area (Å²) in [4.78, 5) is 12.7. The lowest BCUT2D eigenvalue weighted by molar-refractivity contribution is 0.104. The summed E-state index contributed by atoms with van der Waals surface area (Å²) in [6.45, 7) is 0. The maximum Gasteiger partial charge on any atom is 0.196 e. The average molecular weight is 367 g/mol. The Labute approximate surface area is 133 Å². The highest BCUT2D eigenvalue weighted by molar-refractivity contribution is 9.10. The minimum absolute atomic E-state index is 0.102. The Hall–Kier alpha value is -1.36. The van der Waals surface area contributed by atoms with Crippen LogP contribution in [0.25, 0.3) is 10.1 Å². The fraction of sp³-hybridized carbons (Fsp3) is 0. The summed E-state index contributed by atoms with van der Waals surface area (Å²) in [6, 6.07) is 10.9. The van der Waals surface area contributed by atoms with Crippen LogP contribution in [0.15, 0.2) is 46.3 Å². The van der Waals surface area contributed by atoms with Crippen molar-refractivity contribution in [2.24, 2.45) is 0 Å². The van der Waals surface area contributed by atoms with Crippen LogP contribution in [-0.4, -0.2) is 5.78 Å². The first-order chi connectivity index (χ1) is 9.59. The van der Waals surface area contributed by atoms with E-state index in [1.165, 1.54) is 11.3 Å². The topological polar surface area (TPSA) is 43.1 Å². The summed E-state index contributed by atoms with van der Waals surface area (Å²) in [6.07, 6.45) is 0. The molecule has 0 aliphatic rings. The molecule has 0 saturated heterocycles. The second-order valence-corrected chi connectivity index (χ2v) is 6.44. The third kappa shape index (κ3) is 2.14. The molecule has 0 aliphatic carbocycles. The minimum Gasteiger partial charge on any atom is -0.397 e. The summed E-state index contributed by atoms with van der Waals surface area (Å²) >= 11 is 11.0. The zero-order valence-corrected chi connectivity index (χ0v) is 13.3. The Morgan fingerprint density at radius 2 is 1.90 bits per heavy atom. The van der Waals surface area contributed by atoms with Gasteiger partial charge in [-0.25, -0.2) is 0 Å². The fourth-order valence-electron chi connectivity index (χ4n) is 2.08. The van der Waals surface area contributed by atoms with Gasteiger partial charge in [-0.2, -0.15) is 0 Å². The number of carbonyl (C=O) groups excluding carboxylic acids is 1. The molecule has 1 aromatic heterocycles. The minimum atomic E-state index is -0.102. The van der Waals surface area contributed by atoms with Crippen LogP contribution in [0.5, 0.6) is 0 Å². The highest BCUT2D eigenvalue weighted by atomic mass is 79.9. The molecule has 20 heavy (non-hydrogen) atoms. The zero-order chi connectivity index (χ0) is 14.3. The number of carbonyl (C=O) groups is 1. The van der Waals surface area contributed by atoms with Crippen LogP contribution in [0.1, 0.15) is 15.9 Å². The standard InChI is InChI=1S/C15H9BrClNOS/c16-11-5-1-3-8-10(7-20-15(8)11)14(19)9-4-2-6-12(17)13(9)18/h1-7H,18H2. The van der Waals surface area contributed by atoms with Crippen LogP contribution in [0.4, 0.5) is 5.69 Å². The molecule has 0 aliphatic heterocycles. The second-order valence-electron chi connectivity index (χ2n) is 4.30. The first-order valence-electron chi connectivity index (χ1n) is 5.84. The van der Waals surface area contributed by atoms with Gasteiger partial charge in [-0.15, -0.1) is 11.3 Å². The molecule has 0 atom stereocenters. The van der Waals surface area contributed by atoms with Gasteiger partial charge in [0, 0.05) is 31.1 Å². The van der Waals surface area contributed by atoms with Crippen molar-refractivity contribution >= 4 is 60.4 Å². The molecule has 1 heterocycles. The molecule has 0 spiro atoms. The van der Waals surface area contributed by atoms with Gasteiger partial charge in [0.1, 0.15) is 0 Å². The molecular formula is C15H9BrClNOS. The van der Waals surface area contributed by atoms with E-state index < -0.39 is 0 Å². The van der Waals surface area contributed by atoms with Crippen molar-refractivity contribution in [3.05, 3.63) is 62.4 Å². The summed E-state index contributed by atoms with van der Waals surface area (Å²) in [7, 11) is 0. The van der Waals surface area contributed by atoms with E-state index in [1.807, 2.05) is 23.6 Å². The summed E-state index contributed by atoms with van der Waals surface area (Å²) in [5.74, 6) is -0.102. The largest absolute Gasteiger partial charge is 0.397 e. The van der Waals surface area contributed by atoms with E-state index in [2.05, 4.69) is 15.9 Å². The number of para-hydroxylation sites is 1. The summed E-state index contributed by atoms with van der Waals surface area (Å²) < 4.78 is 2.04. The van der Waals surface area contributed by atoms with E-state index in [-0.39, 0.29) is 5.78 Å². The fourth-order valence-corrected chi connectivity index (χ4v) is 3.85. The number of rotatable bonds is 2. The molecular weight excluding hydrogens is 358 g/mol. The molecule has 0 saturated carbocycles. The Morgan fingerprint density at radius 1 is 1.15 bits per heavy atom. The predicted octanol–water partition coefficient (Wildman–Crippen LogP) is 5.13. The van der Waals surface area contributed by atoms with Gasteiger partial charge in [-0.05, 0) is 34.1 Å². The number of hydrogen-bond acceptors (Lipinski definition) is 3. The highest BCUT2D eigenvalue weighted by Crippen LogP contribution is 2.34. The third-order valence-electron chi connectivity index (χ3n) is 3.09. The number of nitrogen functional groups attached to an aromatic ring is 1. The van der Waals surface area contributed by atoms with Crippen molar-refractivity contribution in [2.75, 3.05) is 5.73 Å². The Bertz CT molecular complexity index is 828. The normalized spacial score (nSPS) is 10.9. The molecule has 0 radical (unpaired) electrons. The molecule has 2 nitrogen and oxygen atoms in total. The van der Waals surface area contributed by atoms with Crippen molar-refractivity contribution in [3.63, 3.8) is 0 Å². The Balaban J connectivity index is 2.18. The van der Waals surface area contributed by atoms with Crippen LogP contribution in [-0.2, 0) is 0 Å². The van der Waals surface area contributed by atoms with Crippen LogP contribution < -0.4 is 5.73 Å². The number of anilines is 1. The van der Waals surface area contributed by atoms with Gasteiger partial charge in [-0.3, -0.25) is 4.79 Å². The Kier molecular flexibility index (Phi) is 3.54. The molecule has 0 amide bonds. The van der Waals surface area contributed by atoms with Crippen LogP contribution in [0.2, 0.25) is 5.02 Å². The zero-order valence-electron chi connectivity index (χ0n) is 10.2. The number of fused-ring (bicyclic) bond motifs is 1. The van der Waals surface area contributed by atoms with Crippen LogP contribution in [0.3, 0.4) is 0 Å². The maximum absolute atomic E-state index is 12.7. The molecule has 0 bridgehead atoms. The van der Waals surface area contributed by atoms with Crippen molar-refractivity contribution in [1.82, 2.24) is 0 Å². The average Bonchev–Trinajstić information content (AvgIpc) is 2.86. The molecule has 3 aromatic rings. The van der Waals surface area contributed by atoms with Crippen molar-refractivity contribution in [2.45, 2.75) is 0 Å². The first-order valence-corrected chi connectivity index (χ1v) is 7.89. The van der Waals surface area contributed by atoms with Gasteiger partial charge in [-0.1, -0.05) is 29.8 Å². The monoisotopic (exact) mass is 365 g/mol. The lowest BCUT2D eigenvalue weighted by Gasteiger charge is -2.05. The number of nitrogens with two attached hydrogens (primary N) is 1. The van der Waals surface area contributed by atoms with Crippen LogP contribution >= 0.6 is 38.9 Å².